The third kappa shape index (κ3) is 3.74. The smallest absolute Gasteiger partial charge is 0.282 e. The normalized spacial score (nSPS) is 13.9. The second-order valence-electron chi connectivity index (χ2n) is 6.78. The molecule has 0 spiro atoms. The van der Waals surface area contributed by atoms with Gasteiger partial charge in [-0.15, -0.1) is 11.3 Å². The summed E-state index contributed by atoms with van der Waals surface area (Å²) in [7, 11) is 0. The summed E-state index contributed by atoms with van der Waals surface area (Å²) < 4.78 is 5.54. The van der Waals surface area contributed by atoms with E-state index in [1.165, 1.54) is 21.8 Å². The van der Waals surface area contributed by atoms with Crippen LogP contribution in [0, 0.1) is 0 Å². The molecule has 4 rings (SSSR count). The first-order valence-corrected chi connectivity index (χ1v) is 10.8. The fourth-order valence-corrected chi connectivity index (χ4v) is 4.14. The number of amides is 2. The number of nitrogens with zero attached hydrogens (tertiary/aromatic N) is 1. The number of rotatable bonds is 7. The van der Waals surface area contributed by atoms with E-state index >= 15 is 0 Å². The molecular weight excluding hydrogens is 396 g/mol. The number of benzene rings is 2. The number of hydrogen-bond acceptors (Lipinski definition) is 5. The van der Waals surface area contributed by atoms with Crippen LogP contribution in [0.5, 0.6) is 5.75 Å². The lowest BCUT2D eigenvalue weighted by molar-refractivity contribution is -0.120. The van der Waals surface area contributed by atoms with E-state index in [0.29, 0.717) is 23.6 Å². The Kier molecular flexibility index (Phi) is 5.68. The first-order valence-electron chi connectivity index (χ1n) is 9.88. The van der Waals surface area contributed by atoms with Gasteiger partial charge in [-0.2, -0.15) is 0 Å². The number of anilines is 2. The zero-order valence-corrected chi connectivity index (χ0v) is 17.7. The second kappa shape index (κ2) is 8.55. The number of carbonyl (C=O) groups excluding carboxylic acids is 2. The Morgan fingerprint density at radius 2 is 1.77 bits per heavy atom. The van der Waals surface area contributed by atoms with E-state index in [0.717, 1.165) is 17.0 Å². The molecule has 152 valence electrons. The van der Waals surface area contributed by atoms with E-state index in [9.17, 15) is 9.59 Å². The highest BCUT2D eigenvalue weighted by atomic mass is 32.1. The first kappa shape index (κ1) is 19.9. The fourth-order valence-electron chi connectivity index (χ4n) is 3.38. The summed E-state index contributed by atoms with van der Waals surface area (Å²) in [4.78, 5) is 28.7. The highest BCUT2D eigenvalue weighted by molar-refractivity contribution is 7.11. The minimum atomic E-state index is -0.378. The van der Waals surface area contributed by atoms with Crippen molar-refractivity contribution in [2.24, 2.45) is 0 Å². The van der Waals surface area contributed by atoms with Gasteiger partial charge in [-0.25, -0.2) is 4.90 Å². The van der Waals surface area contributed by atoms with Crippen LogP contribution >= 0.6 is 11.3 Å². The van der Waals surface area contributed by atoms with Gasteiger partial charge in [0, 0.05) is 16.6 Å². The molecule has 0 saturated carbocycles. The molecule has 0 fully saturated rings. The lowest BCUT2D eigenvalue weighted by Crippen LogP contribution is -2.32. The van der Waals surface area contributed by atoms with Gasteiger partial charge in [0.25, 0.3) is 11.8 Å². The zero-order chi connectivity index (χ0) is 21.1. The molecule has 0 unspecified atom stereocenters. The Labute approximate surface area is 179 Å². The summed E-state index contributed by atoms with van der Waals surface area (Å²) in [5, 5.41) is 5.09. The number of imide groups is 1. The van der Waals surface area contributed by atoms with Gasteiger partial charge >= 0.3 is 0 Å². The van der Waals surface area contributed by atoms with Crippen molar-refractivity contribution in [3.05, 3.63) is 82.2 Å². The molecule has 1 aromatic heterocycles. The van der Waals surface area contributed by atoms with Crippen molar-refractivity contribution in [1.82, 2.24) is 0 Å². The molecule has 0 saturated heterocycles. The minimum absolute atomic E-state index is 0.286. The lowest BCUT2D eigenvalue weighted by atomic mass is 10.1. The molecule has 1 N–H and O–H groups in total. The van der Waals surface area contributed by atoms with E-state index in [4.69, 9.17) is 4.74 Å². The molecule has 5 nitrogen and oxygen atoms in total. The molecule has 3 aromatic rings. The van der Waals surface area contributed by atoms with Crippen LogP contribution in [-0.4, -0.2) is 18.4 Å². The summed E-state index contributed by atoms with van der Waals surface area (Å²) in [5.74, 6) is -0.106. The van der Waals surface area contributed by atoms with Crippen molar-refractivity contribution in [2.45, 2.75) is 20.3 Å². The maximum atomic E-state index is 13.4. The molecule has 6 heteroatoms. The molecule has 2 aromatic carbocycles. The standard InChI is InChI=1S/C24H22N2O3S/c1-3-16-10-12-17(13-11-16)25-22-21(20-9-6-14-30-20)23(27)26(24(22)28)18-7-5-8-19(15-18)29-4-2/h5-15,25H,3-4H2,1-2H3. The van der Waals surface area contributed by atoms with Crippen LogP contribution in [0.2, 0.25) is 0 Å². The lowest BCUT2D eigenvalue weighted by Gasteiger charge is -2.16. The van der Waals surface area contributed by atoms with Crippen molar-refractivity contribution >= 4 is 40.1 Å². The van der Waals surface area contributed by atoms with E-state index in [1.54, 1.807) is 24.3 Å². The monoisotopic (exact) mass is 418 g/mol. The second-order valence-corrected chi connectivity index (χ2v) is 7.73. The van der Waals surface area contributed by atoms with Crippen molar-refractivity contribution in [3.63, 3.8) is 0 Å². The molecule has 1 aliphatic heterocycles. The Morgan fingerprint density at radius 3 is 2.43 bits per heavy atom. The van der Waals surface area contributed by atoms with Gasteiger partial charge < -0.3 is 10.1 Å². The molecule has 30 heavy (non-hydrogen) atoms. The Hall–Kier alpha value is -3.38. The summed E-state index contributed by atoms with van der Waals surface area (Å²) >= 11 is 1.43. The molecule has 0 aliphatic carbocycles. The van der Waals surface area contributed by atoms with Crippen molar-refractivity contribution in [1.29, 1.82) is 0 Å². The molecule has 0 atom stereocenters. The Morgan fingerprint density at radius 1 is 0.967 bits per heavy atom. The predicted octanol–water partition coefficient (Wildman–Crippen LogP) is 5.11. The Balaban J connectivity index is 1.74. The molecule has 2 heterocycles. The van der Waals surface area contributed by atoms with Gasteiger partial charge in [0.15, 0.2) is 0 Å². The van der Waals surface area contributed by atoms with E-state index in [-0.39, 0.29) is 17.5 Å². The average Bonchev–Trinajstić information content (AvgIpc) is 3.36. The van der Waals surface area contributed by atoms with Gasteiger partial charge in [-0.05, 0) is 54.6 Å². The summed E-state index contributed by atoms with van der Waals surface area (Å²) in [5.41, 5.74) is 3.13. The largest absolute Gasteiger partial charge is 0.494 e. The van der Waals surface area contributed by atoms with Crippen molar-refractivity contribution in [3.8, 4) is 5.75 Å². The minimum Gasteiger partial charge on any atom is -0.494 e. The van der Waals surface area contributed by atoms with Crippen LogP contribution in [0.3, 0.4) is 0 Å². The van der Waals surface area contributed by atoms with Gasteiger partial charge in [0.05, 0.1) is 17.9 Å². The van der Waals surface area contributed by atoms with E-state index < -0.39 is 0 Å². The number of thiophene rings is 1. The molecule has 2 amide bonds. The van der Waals surface area contributed by atoms with Crippen LogP contribution in [0.4, 0.5) is 11.4 Å². The quantitative estimate of drug-likeness (QED) is 0.542. The summed E-state index contributed by atoms with van der Waals surface area (Å²) in [6.45, 7) is 4.49. The molecule has 1 aliphatic rings. The topological polar surface area (TPSA) is 58.6 Å². The van der Waals surface area contributed by atoms with Crippen LogP contribution in [0.25, 0.3) is 5.57 Å². The van der Waals surface area contributed by atoms with Crippen molar-refractivity contribution < 1.29 is 14.3 Å². The summed E-state index contributed by atoms with van der Waals surface area (Å²) in [6, 6.07) is 18.6. The number of aryl methyl sites for hydroxylation is 1. The van der Waals surface area contributed by atoms with Gasteiger partial charge in [-0.3, -0.25) is 9.59 Å². The molecule has 0 radical (unpaired) electrons. The number of ether oxygens (including phenoxy) is 1. The van der Waals surface area contributed by atoms with Gasteiger partial charge in [0.1, 0.15) is 11.4 Å². The zero-order valence-electron chi connectivity index (χ0n) is 16.8. The summed E-state index contributed by atoms with van der Waals surface area (Å²) in [6.07, 6.45) is 0.935. The number of nitrogens with one attached hydrogen (secondary N) is 1. The predicted molar refractivity (Wildman–Crippen MR) is 121 cm³/mol. The fraction of sp³-hybridized carbons (Fsp3) is 0.167. The van der Waals surface area contributed by atoms with Crippen molar-refractivity contribution in [2.75, 3.05) is 16.8 Å². The SMILES string of the molecule is CCOc1cccc(N2C(=O)C(Nc3ccc(CC)cc3)=C(c3cccs3)C2=O)c1. The Bertz CT molecular complexity index is 1100. The van der Waals surface area contributed by atoms with Crippen LogP contribution < -0.4 is 15.0 Å². The number of hydrogen-bond donors (Lipinski definition) is 1. The maximum absolute atomic E-state index is 13.4. The third-order valence-electron chi connectivity index (χ3n) is 4.87. The van der Waals surface area contributed by atoms with Crippen LogP contribution in [-0.2, 0) is 16.0 Å². The van der Waals surface area contributed by atoms with Crippen LogP contribution in [0.1, 0.15) is 24.3 Å². The highest BCUT2D eigenvalue weighted by Gasteiger charge is 2.40. The number of carbonyl (C=O) groups is 2. The van der Waals surface area contributed by atoms with Gasteiger partial charge in [0.2, 0.25) is 0 Å². The average molecular weight is 419 g/mol. The van der Waals surface area contributed by atoms with E-state index in [2.05, 4.69) is 12.2 Å². The highest BCUT2D eigenvalue weighted by Crippen LogP contribution is 2.36. The van der Waals surface area contributed by atoms with E-state index in [1.807, 2.05) is 48.7 Å². The van der Waals surface area contributed by atoms with Crippen LogP contribution in [0.15, 0.2) is 71.7 Å². The molecular formula is C24H22N2O3S. The third-order valence-corrected chi connectivity index (χ3v) is 5.76. The molecule has 0 bridgehead atoms. The first-order chi connectivity index (χ1) is 14.6. The maximum Gasteiger partial charge on any atom is 0.282 e. The van der Waals surface area contributed by atoms with Gasteiger partial charge in [-0.1, -0.05) is 31.2 Å².